The quantitative estimate of drug-likeness (QED) is 0.649. The van der Waals surface area contributed by atoms with E-state index < -0.39 is 23.7 Å². The van der Waals surface area contributed by atoms with Gasteiger partial charge in [0, 0.05) is 17.5 Å². The average molecular weight is 211 g/mol. The van der Waals surface area contributed by atoms with Crippen LogP contribution in [0.25, 0.3) is 0 Å². The summed E-state index contributed by atoms with van der Waals surface area (Å²) in [7, 11) is 0. The van der Waals surface area contributed by atoms with Crippen LogP contribution in [0.2, 0.25) is 0 Å². The number of aryl methyl sites for hydroxylation is 1. The summed E-state index contributed by atoms with van der Waals surface area (Å²) in [4.78, 5) is 3.27. The third-order valence-electron chi connectivity index (χ3n) is 1.69. The highest BCUT2D eigenvalue weighted by Gasteiger charge is 2.32. The van der Waals surface area contributed by atoms with Gasteiger partial charge in [-0.05, 0) is 13.0 Å². The highest BCUT2D eigenvalue weighted by molar-refractivity contribution is 5.27. The summed E-state index contributed by atoms with van der Waals surface area (Å²) >= 11 is 0. The second-order valence-electron chi connectivity index (χ2n) is 2.70. The van der Waals surface area contributed by atoms with E-state index in [1.807, 2.05) is 0 Å². The van der Waals surface area contributed by atoms with E-state index in [1.54, 1.807) is 0 Å². The van der Waals surface area contributed by atoms with Crippen molar-refractivity contribution in [2.75, 3.05) is 0 Å². The van der Waals surface area contributed by atoms with Crippen molar-refractivity contribution >= 4 is 0 Å². The van der Waals surface area contributed by atoms with Crippen LogP contribution in [0.1, 0.15) is 23.2 Å². The molecule has 1 aromatic heterocycles. The van der Waals surface area contributed by atoms with E-state index in [4.69, 9.17) is 0 Å². The van der Waals surface area contributed by atoms with Crippen molar-refractivity contribution in [3.8, 4) is 0 Å². The smallest absolute Gasteiger partial charge is 0.260 e. The van der Waals surface area contributed by atoms with E-state index in [1.165, 1.54) is 6.92 Å². The molecule has 1 rings (SSSR count). The second-order valence-corrected chi connectivity index (χ2v) is 2.70. The molecule has 0 bridgehead atoms. The summed E-state index contributed by atoms with van der Waals surface area (Å²) in [6.45, 7) is 1.24. The highest BCUT2D eigenvalue weighted by atomic mass is 19.4. The summed E-state index contributed by atoms with van der Waals surface area (Å²) in [5.41, 5.74) is -1.92. The molecular formula is C8H6F5N. The van der Waals surface area contributed by atoms with Gasteiger partial charge in [-0.15, -0.1) is 0 Å². The van der Waals surface area contributed by atoms with Gasteiger partial charge in [0.15, 0.2) is 0 Å². The maximum atomic E-state index is 12.2. The molecule has 0 aliphatic carbocycles. The molecule has 0 unspecified atom stereocenters. The Morgan fingerprint density at radius 1 is 1.29 bits per heavy atom. The largest absolute Gasteiger partial charge is 0.417 e. The predicted octanol–water partition coefficient (Wildman–Crippen LogP) is 3.35. The lowest BCUT2D eigenvalue weighted by Gasteiger charge is -2.09. The molecule has 0 atom stereocenters. The first kappa shape index (κ1) is 10.9. The van der Waals surface area contributed by atoms with Gasteiger partial charge in [-0.2, -0.15) is 13.2 Å². The molecule has 78 valence electrons. The van der Waals surface area contributed by atoms with Gasteiger partial charge in [-0.1, -0.05) is 0 Å². The van der Waals surface area contributed by atoms with Gasteiger partial charge < -0.3 is 0 Å². The van der Waals surface area contributed by atoms with Crippen LogP contribution >= 0.6 is 0 Å². The van der Waals surface area contributed by atoms with Gasteiger partial charge in [0.2, 0.25) is 0 Å². The Morgan fingerprint density at radius 3 is 2.29 bits per heavy atom. The molecule has 0 saturated heterocycles. The normalized spacial score (nSPS) is 12.2. The summed E-state index contributed by atoms with van der Waals surface area (Å²) in [6, 6.07) is 0.424. The Bertz CT molecular complexity index is 331. The number of hydrogen-bond donors (Lipinski definition) is 0. The summed E-state index contributed by atoms with van der Waals surface area (Å²) < 4.78 is 60.6. The zero-order chi connectivity index (χ0) is 10.9. The number of halogens is 5. The fraction of sp³-hybridized carbons (Fsp3) is 0.375. The molecule has 1 aromatic rings. The van der Waals surface area contributed by atoms with Crippen molar-refractivity contribution in [2.24, 2.45) is 0 Å². The van der Waals surface area contributed by atoms with Crippen LogP contribution in [-0.2, 0) is 6.18 Å². The van der Waals surface area contributed by atoms with Crippen molar-refractivity contribution in [1.29, 1.82) is 0 Å². The maximum absolute atomic E-state index is 12.2. The lowest BCUT2D eigenvalue weighted by Crippen LogP contribution is -2.07. The highest BCUT2D eigenvalue weighted by Crippen LogP contribution is 2.32. The zero-order valence-electron chi connectivity index (χ0n) is 7.07. The number of pyridine rings is 1. The molecule has 0 aromatic carbocycles. The first-order chi connectivity index (χ1) is 6.32. The van der Waals surface area contributed by atoms with Crippen LogP contribution in [0.3, 0.4) is 0 Å². The van der Waals surface area contributed by atoms with E-state index in [0.29, 0.717) is 12.3 Å². The summed E-state index contributed by atoms with van der Waals surface area (Å²) in [5.74, 6) is 0. The van der Waals surface area contributed by atoms with Crippen molar-refractivity contribution in [2.45, 2.75) is 19.5 Å². The second kappa shape index (κ2) is 3.51. The molecule has 0 fully saturated rings. The van der Waals surface area contributed by atoms with Gasteiger partial charge in [-0.25, -0.2) is 8.78 Å². The van der Waals surface area contributed by atoms with E-state index in [-0.39, 0.29) is 5.69 Å². The van der Waals surface area contributed by atoms with Crippen molar-refractivity contribution < 1.29 is 22.0 Å². The standard InChI is InChI=1S/C8H6F5N/c1-4-6(7(9)10)2-5(3-14-4)8(11,12)13/h2-3,7H,1H3. The minimum atomic E-state index is -4.63. The van der Waals surface area contributed by atoms with Gasteiger partial charge in [0.05, 0.1) is 5.56 Å². The fourth-order valence-corrected chi connectivity index (χ4v) is 0.926. The number of rotatable bonds is 1. The Kier molecular flexibility index (Phi) is 2.73. The predicted molar refractivity (Wildman–Crippen MR) is 38.9 cm³/mol. The van der Waals surface area contributed by atoms with Gasteiger partial charge in [0.25, 0.3) is 6.43 Å². The van der Waals surface area contributed by atoms with Crippen LogP contribution in [-0.4, -0.2) is 4.98 Å². The SMILES string of the molecule is Cc1ncc(C(F)(F)F)cc1C(F)F. The van der Waals surface area contributed by atoms with Crippen molar-refractivity contribution in [3.63, 3.8) is 0 Å². The minimum absolute atomic E-state index is 0.0898. The Balaban J connectivity index is 3.20. The summed E-state index contributed by atoms with van der Waals surface area (Å²) in [5, 5.41) is 0. The number of aromatic nitrogens is 1. The van der Waals surface area contributed by atoms with Crippen molar-refractivity contribution in [3.05, 3.63) is 29.1 Å². The van der Waals surface area contributed by atoms with Gasteiger partial charge >= 0.3 is 6.18 Å². The fourth-order valence-electron chi connectivity index (χ4n) is 0.926. The van der Waals surface area contributed by atoms with Crippen LogP contribution in [0, 0.1) is 6.92 Å². The number of hydrogen-bond acceptors (Lipinski definition) is 1. The van der Waals surface area contributed by atoms with E-state index in [0.717, 1.165) is 0 Å². The topological polar surface area (TPSA) is 12.9 Å². The monoisotopic (exact) mass is 211 g/mol. The Labute approximate surface area is 76.6 Å². The lowest BCUT2D eigenvalue weighted by atomic mass is 10.1. The first-order valence-corrected chi connectivity index (χ1v) is 3.64. The number of nitrogens with zero attached hydrogens (tertiary/aromatic N) is 1. The molecule has 0 N–H and O–H groups in total. The zero-order valence-corrected chi connectivity index (χ0v) is 7.07. The molecule has 1 heterocycles. The Hall–Kier alpha value is -1.20. The summed E-state index contributed by atoms with van der Waals surface area (Å²) in [6.07, 6.45) is -7.03. The minimum Gasteiger partial charge on any atom is -0.260 e. The Morgan fingerprint density at radius 2 is 1.86 bits per heavy atom. The average Bonchev–Trinajstić information content (AvgIpc) is 2.02. The molecule has 0 aliphatic rings. The third kappa shape index (κ3) is 2.18. The molecule has 0 radical (unpaired) electrons. The van der Waals surface area contributed by atoms with Crippen LogP contribution in [0.5, 0.6) is 0 Å². The third-order valence-corrected chi connectivity index (χ3v) is 1.69. The molecular weight excluding hydrogens is 205 g/mol. The molecule has 14 heavy (non-hydrogen) atoms. The first-order valence-electron chi connectivity index (χ1n) is 3.64. The van der Waals surface area contributed by atoms with Crippen LogP contribution < -0.4 is 0 Å². The van der Waals surface area contributed by atoms with E-state index >= 15 is 0 Å². The molecule has 0 spiro atoms. The molecule has 0 saturated carbocycles. The van der Waals surface area contributed by atoms with Gasteiger partial charge in [0.1, 0.15) is 0 Å². The van der Waals surface area contributed by atoms with Gasteiger partial charge in [-0.3, -0.25) is 4.98 Å². The van der Waals surface area contributed by atoms with Crippen LogP contribution in [0.15, 0.2) is 12.3 Å². The lowest BCUT2D eigenvalue weighted by molar-refractivity contribution is -0.137. The van der Waals surface area contributed by atoms with Crippen LogP contribution in [0.4, 0.5) is 22.0 Å². The molecule has 0 aliphatic heterocycles. The van der Waals surface area contributed by atoms with E-state index in [9.17, 15) is 22.0 Å². The molecule has 1 nitrogen and oxygen atoms in total. The molecule has 0 amide bonds. The van der Waals surface area contributed by atoms with E-state index in [2.05, 4.69) is 4.98 Å². The molecule has 6 heteroatoms. The van der Waals surface area contributed by atoms with Crippen molar-refractivity contribution in [1.82, 2.24) is 4.98 Å². The number of alkyl halides is 5. The maximum Gasteiger partial charge on any atom is 0.417 e.